The van der Waals surface area contributed by atoms with Gasteiger partial charge >= 0.3 is 0 Å². The SMILES string of the molecule is Cc1ccc(CC(=O)N(C)CC(=O)N2CCN(CC(=O)NC(C)(C)C)CC2)cc1. The van der Waals surface area contributed by atoms with Crippen LogP contribution in [0.2, 0.25) is 0 Å². The highest BCUT2D eigenvalue weighted by atomic mass is 16.2. The van der Waals surface area contributed by atoms with Crippen LogP contribution in [0.1, 0.15) is 31.9 Å². The number of aryl methyl sites for hydroxylation is 1. The first-order chi connectivity index (χ1) is 13.5. The van der Waals surface area contributed by atoms with Crippen molar-refractivity contribution in [1.82, 2.24) is 20.0 Å². The van der Waals surface area contributed by atoms with E-state index in [1.165, 1.54) is 4.90 Å². The summed E-state index contributed by atoms with van der Waals surface area (Å²) in [7, 11) is 1.67. The summed E-state index contributed by atoms with van der Waals surface area (Å²) >= 11 is 0. The third-order valence-corrected chi connectivity index (χ3v) is 4.88. The second-order valence-corrected chi connectivity index (χ2v) is 8.87. The Morgan fingerprint density at radius 1 is 1.03 bits per heavy atom. The molecule has 1 aromatic rings. The Morgan fingerprint density at radius 2 is 1.62 bits per heavy atom. The van der Waals surface area contributed by atoms with Crippen molar-refractivity contribution < 1.29 is 14.4 Å². The Balaban J connectivity index is 1.75. The number of piperazine rings is 1. The molecule has 1 aliphatic rings. The van der Waals surface area contributed by atoms with Gasteiger partial charge in [0.05, 0.1) is 19.5 Å². The molecule has 160 valence electrons. The Morgan fingerprint density at radius 3 is 2.17 bits per heavy atom. The van der Waals surface area contributed by atoms with Crippen LogP contribution in [0.25, 0.3) is 0 Å². The third kappa shape index (κ3) is 7.85. The van der Waals surface area contributed by atoms with E-state index in [4.69, 9.17) is 0 Å². The van der Waals surface area contributed by atoms with Crippen molar-refractivity contribution in [1.29, 1.82) is 0 Å². The topological polar surface area (TPSA) is 73.0 Å². The molecule has 7 nitrogen and oxygen atoms in total. The predicted molar refractivity (Wildman–Crippen MR) is 113 cm³/mol. The molecule has 0 bridgehead atoms. The average Bonchev–Trinajstić information content (AvgIpc) is 2.62. The van der Waals surface area contributed by atoms with Crippen molar-refractivity contribution in [3.05, 3.63) is 35.4 Å². The maximum Gasteiger partial charge on any atom is 0.242 e. The summed E-state index contributed by atoms with van der Waals surface area (Å²) < 4.78 is 0. The summed E-state index contributed by atoms with van der Waals surface area (Å²) in [6.07, 6.45) is 0.292. The molecular formula is C22H34N4O3. The lowest BCUT2D eigenvalue weighted by Gasteiger charge is -2.35. The van der Waals surface area contributed by atoms with Crippen molar-refractivity contribution in [3.63, 3.8) is 0 Å². The first kappa shape index (κ1) is 22.9. The maximum atomic E-state index is 12.6. The van der Waals surface area contributed by atoms with Gasteiger partial charge in [0.25, 0.3) is 0 Å². The zero-order valence-electron chi connectivity index (χ0n) is 18.3. The first-order valence-corrected chi connectivity index (χ1v) is 10.1. The van der Waals surface area contributed by atoms with Gasteiger partial charge < -0.3 is 15.1 Å². The molecule has 1 aliphatic heterocycles. The van der Waals surface area contributed by atoms with Crippen LogP contribution < -0.4 is 5.32 Å². The second-order valence-electron chi connectivity index (χ2n) is 8.87. The zero-order chi connectivity index (χ0) is 21.6. The van der Waals surface area contributed by atoms with E-state index in [2.05, 4.69) is 10.2 Å². The largest absolute Gasteiger partial charge is 0.350 e. The van der Waals surface area contributed by atoms with Gasteiger partial charge in [-0.2, -0.15) is 0 Å². The molecular weight excluding hydrogens is 368 g/mol. The standard InChI is InChI=1S/C22H34N4O3/c1-17-6-8-18(9-7-17)14-20(28)24(5)16-21(29)26-12-10-25(11-13-26)15-19(27)23-22(2,3)4/h6-9H,10-16H2,1-5H3,(H,23,27). The normalized spacial score (nSPS) is 15.1. The van der Waals surface area contributed by atoms with Gasteiger partial charge in [-0.25, -0.2) is 0 Å². The van der Waals surface area contributed by atoms with E-state index < -0.39 is 0 Å². The molecule has 0 radical (unpaired) electrons. The minimum absolute atomic E-state index is 0.00119. The average molecular weight is 403 g/mol. The van der Waals surface area contributed by atoms with Gasteiger partial charge in [-0.3, -0.25) is 19.3 Å². The van der Waals surface area contributed by atoms with Crippen molar-refractivity contribution in [2.24, 2.45) is 0 Å². The van der Waals surface area contributed by atoms with Crippen LogP contribution >= 0.6 is 0 Å². The van der Waals surface area contributed by atoms with E-state index in [9.17, 15) is 14.4 Å². The molecule has 0 aliphatic carbocycles. The number of benzene rings is 1. The Labute approximate surface area is 174 Å². The Bertz CT molecular complexity index is 717. The van der Waals surface area contributed by atoms with Crippen LogP contribution in [0, 0.1) is 6.92 Å². The van der Waals surface area contributed by atoms with E-state index in [1.807, 2.05) is 52.0 Å². The monoisotopic (exact) mass is 402 g/mol. The van der Waals surface area contributed by atoms with Gasteiger partial charge in [0.2, 0.25) is 17.7 Å². The predicted octanol–water partition coefficient (Wildman–Crippen LogP) is 1.05. The van der Waals surface area contributed by atoms with Gasteiger partial charge in [0, 0.05) is 38.8 Å². The fraction of sp³-hybridized carbons (Fsp3) is 0.591. The molecule has 7 heteroatoms. The number of rotatable bonds is 6. The van der Waals surface area contributed by atoms with E-state index in [0.717, 1.165) is 11.1 Å². The number of likely N-dealkylation sites (N-methyl/N-ethyl adjacent to an activating group) is 1. The van der Waals surface area contributed by atoms with Crippen molar-refractivity contribution in [2.45, 2.75) is 39.7 Å². The number of carbonyl (C=O) groups is 3. The minimum atomic E-state index is -0.245. The van der Waals surface area contributed by atoms with Gasteiger partial charge in [-0.15, -0.1) is 0 Å². The van der Waals surface area contributed by atoms with E-state index >= 15 is 0 Å². The molecule has 1 heterocycles. The highest BCUT2D eigenvalue weighted by molar-refractivity contribution is 5.85. The fourth-order valence-corrected chi connectivity index (χ4v) is 3.22. The van der Waals surface area contributed by atoms with Crippen LogP contribution in [0.3, 0.4) is 0 Å². The molecule has 0 spiro atoms. The molecule has 1 saturated heterocycles. The molecule has 1 aromatic carbocycles. The first-order valence-electron chi connectivity index (χ1n) is 10.1. The Kier molecular flexibility index (Phi) is 7.79. The number of carbonyl (C=O) groups excluding carboxylic acids is 3. The van der Waals surface area contributed by atoms with Crippen LogP contribution in [0.15, 0.2) is 24.3 Å². The van der Waals surface area contributed by atoms with Gasteiger partial charge in [-0.05, 0) is 33.3 Å². The summed E-state index contributed by atoms with van der Waals surface area (Å²) in [5, 5.41) is 2.96. The third-order valence-electron chi connectivity index (χ3n) is 4.88. The molecule has 0 atom stereocenters. The molecule has 2 rings (SSSR count). The maximum absolute atomic E-state index is 12.6. The summed E-state index contributed by atoms with van der Waals surface area (Å²) in [5.74, 6) is -0.123. The zero-order valence-corrected chi connectivity index (χ0v) is 18.3. The lowest BCUT2D eigenvalue weighted by atomic mass is 10.1. The van der Waals surface area contributed by atoms with Crippen LogP contribution in [-0.4, -0.2) is 84.3 Å². The highest BCUT2D eigenvalue weighted by Gasteiger charge is 2.25. The Hall–Kier alpha value is -2.41. The molecule has 29 heavy (non-hydrogen) atoms. The number of hydrogen-bond donors (Lipinski definition) is 1. The summed E-state index contributed by atoms with van der Waals surface area (Å²) in [4.78, 5) is 42.3. The molecule has 1 N–H and O–H groups in total. The number of hydrogen-bond acceptors (Lipinski definition) is 4. The summed E-state index contributed by atoms with van der Waals surface area (Å²) in [6.45, 7) is 10.8. The molecule has 0 unspecified atom stereocenters. The van der Waals surface area contributed by atoms with E-state index in [0.29, 0.717) is 39.1 Å². The second kappa shape index (κ2) is 9.87. The van der Waals surface area contributed by atoms with Gasteiger partial charge in [0.1, 0.15) is 0 Å². The number of nitrogens with zero attached hydrogens (tertiary/aromatic N) is 3. The summed E-state index contributed by atoms with van der Waals surface area (Å²) in [6, 6.07) is 7.85. The van der Waals surface area contributed by atoms with Crippen molar-refractivity contribution >= 4 is 17.7 Å². The molecule has 3 amide bonds. The van der Waals surface area contributed by atoms with Crippen LogP contribution in [-0.2, 0) is 20.8 Å². The number of amides is 3. The lowest BCUT2D eigenvalue weighted by Crippen LogP contribution is -2.54. The quantitative estimate of drug-likeness (QED) is 0.772. The fourth-order valence-electron chi connectivity index (χ4n) is 3.22. The summed E-state index contributed by atoms with van der Waals surface area (Å²) in [5.41, 5.74) is 1.85. The van der Waals surface area contributed by atoms with Crippen LogP contribution in [0.5, 0.6) is 0 Å². The van der Waals surface area contributed by atoms with Gasteiger partial charge in [0.15, 0.2) is 0 Å². The molecule has 1 fully saturated rings. The van der Waals surface area contributed by atoms with Gasteiger partial charge in [-0.1, -0.05) is 29.8 Å². The van der Waals surface area contributed by atoms with Crippen molar-refractivity contribution in [3.8, 4) is 0 Å². The molecule has 0 aromatic heterocycles. The van der Waals surface area contributed by atoms with Crippen LogP contribution in [0.4, 0.5) is 0 Å². The minimum Gasteiger partial charge on any atom is -0.350 e. The van der Waals surface area contributed by atoms with E-state index in [-0.39, 0.29) is 29.8 Å². The highest BCUT2D eigenvalue weighted by Crippen LogP contribution is 2.07. The smallest absolute Gasteiger partial charge is 0.242 e. The van der Waals surface area contributed by atoms with E-state index in [1.54, 1.807) is 11.9 Å². The lowest BCUT2D eigenvalue weighted by molar-refractivity contribution is -0.140. The number of nitrogens with one attached hydrogen (secondary N) is 1. The molecule has 0 saturated carbocycles. The van der Waals surface area contributed by atoms with Crippen molar-refractivity contribution in [2.75, 3.05) is 46.3 Å².